The molecule has 7 heterocycles. The summed E-state index contributed by atoms with van der Waals surface area (Å²) in [6, 6.07) is 114. The standard InChI is InChI=1S/C56H41N3.C44H25NOS2/c1-55(2)47-17-9-5-13-37(47)39-24-21-34(32-49(39)55)57-29-27-44-46-31-36(59-51-19-11-7-15-41(51)42-16-8-12-20-52(42)59)23-26-43(46)53-45(54(44)57)28-30-58(53)35-22-25-40-38-14-6-10-18-48(38)56(3,4)50(40)33-35;1-2-10-26(11-3-1)40-25-36-35-24-27(28-14-8-15-32-29-12-4-6-18-38(29)46-42(28)32)20-21-31(35)41-34(43(36)48-40)22-23-45(41)37-17-9-16-33-30-13-5-7-19-39(30)47-44(33)37/h5-33H,1-4H3;1-25H. The molecule has 0 spiro atoms. The molecule has 0 radical (unpaired) electrons. The number of hydrogen-bond acceptors (Lipinski definition) is 3. The Balaban J connectivity index is 0.000000132. The quantitative estimate of drug-likeness (QED) is 0.163. The van der Waals surface area contributed by atoms with E-state index in [0.717, 1.165) is 38.8 Å². The third kappa shape index (κ3) is 8.61. The Labute approximate surface area is 624 Å². The van der Waals surface area contributed by atoms with Crippen molar-refractivity contribution in [2.75, 3.05) is 0 Å². The monoisotopic (exact) mass is 1400 g/mol. The van der Waals surface area contributed by atoms with Crippen LogP contribution >= 0.6 is 22.7 Å². The van der Waals surface area contributed by atoms with E-state index in [2.05, 4.69) is 368 Å². The lowest BCUT2D eigenvalue weighted by atomic mass is 9.82. The molecule has 24 rings (SSSR count). The van der Waals surface area contributed by atoms with Crippen molar-refractivity contribution in [3.63, 3.8) is 0 Å². The maximum Gasteiger partial charge on any atom is 0.143 e. The van der Waals surface area contributed by atoms with Crippen LogP contribution in [0.1, 0.15) is 49.9 Å². The molecule has 2 aliphatic rings. The lowest BCUT2D eigenvalue weighted by molar-refractivity contribution is 0.659. The van der Waals surface area contributed by atoms with E-state index in [1.54, 1.807) is 0 Å². The van der Waals surface area contributed by atoms with E-state index in [-0.39, 0.29) is 10.8 Å². The van der Waals surface area contributed by atoms with Crippen LogP contribution in [0.25, 0.3) is 195 Å². The van der Waals surface area contributed by atoms with Crippen LogP contribution in [0.4, 0.5) is 0 Å². The molecule has 0 unspecified atom stereocenters. The van der Waals surface area contributed by atoms with Gasteiger partial charge < -0.3 is 22.7 Å². The Hall–Kier alpha value is -12.8. The van der Waals surface area contributed by atoms with Gasteiger partial charge in [-0.05, 0) is 163 Å². The van der Waals surface area contributed by atoms with Gasteiger partial charge in [-0.15, -0.1) is 22.7 Å². The molecule has 2 aliphatic carbocycles. The molecular weight excluding hydrogens is 1340 g/mol. The van der Waals surface area contributed by atoms with E-state index in [4.69, 9.17) is 4.42 Å². The second-order valence-corrected chi connectivity index (χ2v) is 32.4. The lowest BCUT2D eigenvalue weighted by Crippen LogP contribution is -2.15. The molecular formula is C100H66N4OS2. The number of hydrogen-bond donors (Lipinski definition) is 0. The Kier molecular flexibility index (Phi) is 12.7. The molecule has 107 heavy (non-hydrogen) atoms. The van der Waals surface area contributed by atoms with Gasteiger partial charge in [0.1, 0.15) is 11.2 Å². The minimum absolute atomic E-state index is 0.0888. The minimum atomic E-state index is -0.0901. The van der Waals surface area contributed by atoms with Crippen molar-refractivity contribution >= 4 is 151 Å². The predicted molar refractivity (Wildman–Crippen MR) is 454 cm³/mol. The van der Waals surface area contributed by atoms with Gasteiger partial charge in [-0.1, -0.05) is 240 Å². The molecule has 7 heteroatoms. The van der Waals surface area contributed by atoms with E-state index in [0.29, 0.717) is 0 Å². The largest absolute Gasteiger partial charge is 0.455 e. The first kappa shape index (κ1) is 60.6. The lowest BCUT2D eigenvalue weighted by Gasteiger charge is -2.22. The summed E-state index contributed by atoms with van der Waals surface area (Å²) in [5, 5.41) is 17.5. The van der Waals surface area contributed by atoms with Gasteiger partial charge in [-0.3, -0.25) is 0 Å². The zero-order valence-electron chi connectivity index (χ0n) is 59.2. The number of fused-ring (bicyclic) bond motifs is 27. The van der Waals surface area contributed by atoms with Gasteiger partial charge in [0.15, 0.2) is 0 Å². The van der Waals surface area contributed by atoms with Gasteiger partial charge >= 0.3 is 0 Å². The van der Waals surface area contributed by atoms with E-state index in [1.807, 2.05) is 28.7 Å². The molecule has 0 bridgehead atoms. The average molecular weight is 1400 g/mol. The number of para-hydroxylation sites is 4. The molecule has 0 atom stereocenters. The molecule has 0 aliphatic heterocycles. The molecule has 7 aromatic heterocycles. The Morgan fingerprint density at radius 1 is 0.280 bits per heavy atom. The number of rotatable bonds is 6. The van der Waals surface area contributed by atoms with Crippen LogP contribution in [-0.2, 0) is 10.8 Å². The summed E-state index contributed by atoms with van der Waals surface area (Å²) < 4.78 is 20.2. The van der Waals surface area contributed by atoms with E-state index < -0.39 is 0 Å². The minimum Gasteiger partial charge on any atom is -0.455 e. The molecule has 15 aromatic carbocycles. The first-order chi connectivity index (χ1) is 52.6. The highest BCUT2D eigenvalue weighted by Gasteiger charge is 2.37. The normalized spacial score (nSPS) is 13.6. The average Bonchev–Trinajstić information content (AvgIpc) is 1.58. The summed E-state index contributed by atoms with van der Waals surface area (Å²) in [4.78, 5) is 1.28. The van der Waals surface area contributed by atoms with Crippen molar-refractivity contribution in [2.24, 2.45) is 0 Å². The molecule has 0 N–H and O–H groups in total. The van der Waals surface area contributed by atoms with Crippen molar-refractivity contribution < 1.29 is 4.42 Å². The second-order valence-electron chi connectivity index (χ2n) is 30.3. The van der Waals surface area contributed by atoms with Gasteiger partial charge in [0, 0.05) is 131 Å². The zero-order chi connectivity index (χ0) is 70.7. The highest BCUT2D eigenvalue weighted by Crippen LogP contribution is 2.53. The fourth-order valence-electron chi connectivity index (χ4n) is 18.9. The first-order valence-electron chi connectivity index (χ1n) is 37.0. The summed E-state index contributed by atoms with van der Waals surface area (Å²) in [5.74, 6) is 0. The van der Waals surface area contributed by atoms with E-state index in [9.17, 15) is 0 Å². The van der Waals surface area contributed by atoms with Gasteiger partial charge in [0.2, 0.25) is 0 Å². The van der Waals surface area contributed by atoms with Crippen molar-refractivity contribution in [3.8, 4) is 66.6 Å². The third-order valence-corrected chi connectivity index (χ3v) is 26.4. The zero-order valence-corrected chi connectivity index (χ0v) is 60.8. The summed E-state index contributed by atoms with van der Waals surface area (Å²) in [7, 11) is 0. The molecule has 0 saturated heterocycles. The molecule has 22 aromatic rings. The van der Waals surface area contributed by atoms with Crippen molar-refractivity contribution in [3.05, 3.63) is 350 Å². The second kappa shape index (κ2) is 22.4. The fraction of sp³-hybridized carbons (Fsp3) is 0.0600. The molecule has 0 fully saturated rings. The van der Waals surface area contributed by atoms with Gasteiger partial charge in [0.25, 0.3) is 0 Å². The Bertz CT molecular complexity index is 7530. The number of aromatic nitrogens is 4. The van der Waals surface area contributed by atoms with Crippen LogP contribution in [0.5, 0.6) is 0 Å². The Morgan fingerprint density at radius 2 is 0.794 bits per heavy atom. The number of furan rings is 1. The number of thiophene rings is 2. The van der Waals surface area contributed by atoms with Crippen LogP contribution in [0, 0.1) is 0 Å². The molecule has 5 nitrogen and oxygen atoms in total. The third-order valence-electron chi connectivity index (χ3n) is 23.9. The van der Waals surface area contributed by atoms with Crippen molar-refractivity contribution in [1.82, 2.24) is 18.3 Å². The Morgan fingerprint density at radius 3 is 1.50 bits per heavy atom. The van der Waals surface area contributed by atoms with Crippen LogP contribution in [0.2, 0.25) is 0 Å². The molecule has 0 amide bonds. The number of benzene rings is 15. The van der Waals surface area contributed by atoms with Gasteiger partial charge in [0.05, 0.1) is 38.0 Å². The van der Waals surface area contributed by atoms with Gasteiger partial charge in [-0.25, -0.2) is 0 Å². The molecule has 504 valence electrons. The summed E-state index contributed by atoms with van der Waals surface area (Å²) in [5.41, 5.74) is 27.0. The summed E-state index contributed by atoms with van der Waals surface area (Å²) in [6.07, 6.45) is 6.86. The summed E-state index contributed by atoms with van der Waals surface area (Å²) in [6.45, 7) is 9.47. The smallest absolute Gasteiger partial charge is 0.143 e. The first-order valence-corrected chi connectivity index (χ1v) is 38.7. The number of nitrogens with zero attached hydrogens (tertiary/aromatic N) is 4. The SMILES string of the molecule is CC1(C)c2ccccc2-c2ccc(-n3ccc4c5cc(-n6c7ccccc7c7ccccc76)ccc5c5c(ccn5-c5ccc6c(c5)C(C)(C)c5ccccc5-6)c43)cc21.c1ccc(-c2cc3c4cc(-c5cccc6c5oc5ccccc56)ccc4c4c(ccn4-c4cccc5c4sc4ccccc45)c3s2)cc1. The highest BCUT2D eigenvalue weighted by molar-refractivity contribution is 7.26. The van der Waals surface area contributed by atoms with E-state index >= 15 is 0 Å². The van der Waals surface area contributed by atoms with E-state index in [1.165, 1.54) is 178 Å². The topological polar surface area (TPSA) is 32.9 Å². The highest BCUT2D eigenvalue weighted by atomic mass is 32.1. The maximum atomic E-state index is 6.50. The maximum absolute atomic E-state index is 6.50. The van der Waals surface area contributed by atoms with Crippen LogP contribution in [0.3, 0.4) is 0 Å². The molecule has 0 saturated carbocycles. The van der Waals surface area contributed by atoms with Crippen molar-refractivity contribution in [1.29, 1.82) is 0 Å². The summed E-state index contributed by atoms with van der Waals surface area (Å²) >= 11 is 3.77. The van der Waals surface area contributed by atoms with Crippen LogP contribution in [-0.4, -0.2) is 18.3 Å². The van der Waals surface area contributed by atoms with Crippen LogP contribution < -0.4 is 0 Å². The van der Waals surface area contributed by atoms with Gasteiger partial charge in [-0.2, -0.15) is 0 Å². The predicted octanol–water partition coefficient (Wildman–Crippen LogP) is 28.0. The van der Waals surface area contributed by atoms with Crippen LogP contribution in [0.15, 0.2) is 332 Å². The van der Waals surface area contributed by atoms with Crippen molar-refractivity contribution in [2.45, 2.75) is 38.5 Å². The fourth-order valence-corrected chi connectivity index (χ4v) is 21.3.